The van der Waals surface area contributed by atoms with Crippen molar-refractivity contribution in [2.75, 3.05) is 0 Å². The monoisotopic (exact) mass is 235 g/mol. The van der Waals surface area contributed by atoms with Gasteiger partial charge in [0.2, 0.25) is 0 Å². The summed E-state index contributed by atoms with van der Waals surface area (Å²) in [6, 6.07) is 2.51. The van der Waals surface area contributed by atoms with E-state index < -0.39 is 0 Å². The highest BCUT2D eigenvalue weighted by Crippen LogP contribution is 2.18. The predicted molar refractivity (Wildman–Crippen MR) is 68.0 cm³/mol. The van der Waals surface area contributed by atoms with E-state index in [4.69, 9.17) is 0 Å². The second kappa shape index (κ2) is 5.45. The van der Waals surface area contributed by atoms with Gasteiger partial charge in [0.25, 0.3) is 5.56 Å². The van der Waals surface area contributed by atoms with Crippen molar-refractivity contribution in [2.45, 2.75) is 58.0 Å². The third-order valence-corrected chi connectivity index (χ3v) is 3.43. The second-order valence-electron chi connectivity index (χ2n) is 5.16. The van der Waals surface area contributed by atoms with Gasteiger partial charge >= 0.3 is 0 Å². The summed E-state index contributed by atoms with van der Waals surface area (Å²) >= 11 is 0. The van der Waals surface area contributed by atoms with Crippen LogP contribution < -0.4 is 10.9 Å². The lowest BCUT2D eigenvalue weighted by Crippen LogP contribution is -2.29. The van der Waals surface area contributed by atoms with E-state index in [0.717, 1.165) is 11.3 Å². The number of H-pyrrole nitrogens is 1. The molecule has 0 aromatic carbocycles. The van der Waals surface area contributed by atoms with Crippen molar-refractivity contribution in [2.24, 2.45) is 0 Å². The van der Waals surface area contributed by atoms with Gasteiger partial charge in [0, 0.05) is 18.2 Å². The molecule has 0 radical (unpaired) electrons. The number of hydrogen-bond acceptors (Lipinski definition) is 3. The van der Waals surface area contributed by atoms with E-state index >= 15 is 0 Å². The molecule has 1 aliphatic rings. The van der Waals surface area contributed by atoms with E-state index in [1.807, 2.05) is 6.07 Å². The Hall–Kier alpha value is -1.16. The summed E-state index contributed by atoms with van der Waals surface area (Å²) in [5, 5.41) is 10.1. The zero-order valence-corrected chi connectivity index (χ0v) is 10.6. The van der Waals surface area contributed by atoms with Gasteiger partial charge in [0.1, 0.15) is 0 Å². The Bertz CT molecular complexity index is 419. The SMILES string of the molecule is CC(C)c1cc(CNC2CCCC2)c(=O)[nH]n1. The van der Waals surface area contributed by atoms with E-state index in [-0.39, 0.29) is 5.56 Å². The maximum atomic E-state index is 11.6. The van der Waals surface area contributed by atoms with Crippen LogP contribution in [-0.4, -0.2) is 16.2 Å². The fourth-order valence-corrected chi connectivity index (χ4v) is 2.27. The zero-order chi connectivity index (χ0) is 12.3. The number of hydrogen-bond donors (Lipinski definition) is 2. The van der Waals surface area contributed by atoms with E-state index in [9.17, 15) is 4.79 Å². The summed E-state index contributed by atoms with van der Waals surface area (Å²) in [5.41, 5.74) is 1.68. The Kier molecular flexibility index (Phi) is 3.94. The second-order valence-corrected chi connectivity index (χ2v) is 5.16. The van der Waals surface area contributed by atoms with Gasteiger partial charge in [-0.3, -0.25) is 4.79 Å². The topological polar surface area (TPSA) is 57.8 Å². The fourth-order valence-electron chi connectivity index (χ4n) is 2.27. The average molecular weight is 235 g/mol. The van der Waals surface area contributed by atoms with E-state index in [0.29, 0.717) is 18.5 Å². The molecule has 2 rings (SSSR count). The minimum absolute atomic E-state index is 0.0695. The van der Waals surface area contributed by atoms with Gasteiger partial charge in [-0.15, -0.1) is 0 Å². The highest BCUT2D eigenvalue weighted by molar-refractivity contribution is 5.15. The molecule has 1 aliphatic carbocycles. The molecule has 0 bridgehead atoms. The maximum Gasteiger partial charge on any atom is 0.268 e. The first-order valence-corrected chi connectivity index (χ1v) is 6.48. The number of nitrogens with one attached hydrogen (secondary N) is 2. The lowest BCUT2D eigenvalue weighted by molar-refractivity contribution is 0.521. The molecule has 0 amide bonds. The van der Waals surface area contributed by atoms with Crippen LogP contribution in [0.25, 0.3) is 0 Å². The largest absolute Gasteiger partial charge is 0.310 e. The molecular weight excluding hydrogens is 214 g/mol. The molecule has 1 aromatic heterocycles. The summed E-state index contributed by atoms with van der Waals surface area (Å²) in [6.07, 6.45) is 5.09. The smallest absolute Gasteiger partial charge is 0.268 e. The molecule has 4 heteroatoms. The van der Waals surface area contributed by atoms with E-state index in [1.165, 1.54) is 25.7 Å². The highest BCUT2D eigenvalue weighted by atomic mass is 16.1. The summed E-state index contributed by atoms with van der Waals surface area (Å²) in [7, 11) is 0. The van der Waals surface area contributed by atoms with Crippen LogP contribution in [0.3, 0.4) is 0 Å². The number of aromatic nitrogens is 2. The molecule has 0 spiro atoms. The van der Waals surface area contributed by atoms with Crippen molar-refractivity contribution in [3.8, 4) is 0 Å². The molecule has 17 heavy (non-hydrogen) atoms. The van der Waals surface area contributed by atoms with Crippen molar-refractivity contribution >= 4 is 0 Å². The highest BCUT2D eigenvalue weighted by Gasteiger charge is 2.15. The molecule has 0 unspecified atom stereocenters. The molecule has 4 nitrogen and oxygen atoms in total. The van der Waals surface area contributed by atoms with Gasteiger partial charge in [0.15, 0.2) is 0 Å². The van der Waals surface area contributed by atoms with Gasteiger partial charge < -0.3 is 5.32 Å². The summed E-state index contributed by atoms with van der Waals surface area (Å²) in [6.45, 7) is 4.81. The van der Waals surface area contributed by atoms with Gasteiger partial charge in [-0.25, -0.2) is 5.10 Å². The fraction of sp³-hybridized carbons (Fsp3) is 0.692. The Labute approximate surface area is 102 Å². The Morgan fingerprint density at radius 2 is 2.18 bits per heavy atom. The number of aromatic amines is 1. The third kappa shape index (κ3) is 3.16. The summed E-state index contributed by atoms with van der Waals surface area (Å²) in [4.78, 5) is 11.6. The quantitative estimate of drug-likeness (QED) is 0.838. The molecular formula is C13H21N3O. The van der Waals surface area contributed by atoms with Gasteiger partial charge in [0.05, 0.1) is 5.69 Å². The first-order chi connectivity index (χ1) is 8.16. The van der Waals surface area contributed by atoms with Crippen LogP contribution in [0.15, 0.2) is 10.9 Å². The van der Waals surface area contributed by atoms with Crippen LogP contribution in [-0.2, 0) is 6.54 Å². The van der Waals surface area contributed by atoms with Gasteiger partial charge in [-0.05, 0) is 24.8 Å². The van der Waals surface area contributed by atoms with Crippen LogP contribution >= 0.6 is 0 Å². The number of nitrogens with zero attached hydrogens (tertiary/aromatic N) is 1. The van der Waals surface area contributed by atoms with E-state index in [2.05, 4.69) is 29.4 Å². The van der Waals surface area contributed by atoms with Crippen LogP contribution in [0.1, 0.15) is 56.7 Å². The molecule has 1 fully saturated rings. The first-order valence-electron chi connectivity index (χ1n) is 6.48. The normalized spacial score (nSPS) is 16.9. The Morgan fingerprint density at radius 3 is 2.82 bits per heavy atom. The molecule has 1 saturated carbocycles. The Morgan fingerprint density at radius 1 is 1.47 bits per heavy atom. The lowest BCUT2D eigenvalue weighted by atomic mass is 10.1. The summed E-state index contributed by atoms with van der Waals surface area (Å²) < 4.78 is 0. The van der Waals surface area contributed by atoms with Gasteiger partial charge in [-0.2, -0.15) is 5.10 Å². The molecule has 2 N–H and O–H groups in total. The predicted octanol–water partition coefficient (Wildman–Crippen LogP) is 1.93. The third-order valence-electron chi connectivity index (χ3n) is 3.43. The minimum Gasteiger partial charge on any atom is -0.310 e. The van der Waals surface area contributed by atoms with Crippen LogP contribution in [0.2, 0.25) is 0 Å². The van der Waals surface area contributed by atoms with Crippen molar-refractivity contribution in [1.29, 1.82) is 0 Å². The molecule has 0 atom stereocenters. The van der Waals surface area contributed by atoms with Crippen LogP contribution in [0.4, 0.5) is 0 Å². The zero-order valence-electron chi connectivity index (χ0n) is 10.6. The Balaban J connectivity index is 2.03. The molecule has 1 heterocycles. The average Bonchev–Trinajstić information content (AvgIpc) is 2.80. The minimum atomic E-state index is -0.0695. The summed E-state index contributed by atoms with van der Waals surface area (Å²) in [5.74, 6) is 0.345. The molecule has 0 aliphatic heterocycles. The lowest BCUT2D eigenvalue weighted by Gasteiger charge is -2.12. The molecule has 1 aromatic rings. The van der Waals surface area contributed by atoms with Gasteiger partial charge in [-0.1, -0.05) is 26.7 Å². The van der Waals surface area contributed by atoms with Crippen LogP contribution in [0.5, 0.6) is 0 Å². The van der Waals surface area contributed by atoms with Crippen molar-refractivity contribution in [1.82, 2.24) is 15.5 Å². The van der Waals surface area contributed by atoms with E-state index in [1.54, 1.807) is 0 Å². The van der Waals surface area contributed by atoms with Crippen molar-refractivity contribution in [3.05, 3.63) is 27.7 Å². The standard InChI is InChI=1S/C13H21N3O/c1-9(2)12-7-10(13(17)16-15-12)8-14-11-5-3-4-6-11/h7,9,11,14H,3-6,8H2,1-2H3,(H,16,17). The van der Waals surface area contributed by atoms with Crippen molar-refractivity contribution < 1.29 is 0 Å². The molecule has 0 saturated heterocycles. The van der Waals surface area contributed by atoms with Crippen LogP contribution in [0, 0.1) is 0 Å². The first kappa shape index (κ1) is 12.3. The maximum absolute atomic E-state index is 11.6. The molecule has 94 valence electrons. The number of rotatable bonds is 4. The van der Waals surface area contributed by atoms with Crippen molar-refractivity contribution in [3.63, 3.8) is 0 Å².